The van der Waals surface area contributed by atoms with Gasteiger partial charge in [-0.2, -0.15) is 0 Å². The zero-order valence-electron chi connectivity index (χ0n) is 10.7. The summed E-state index contributed by atoms with van der Waals surface area (Å²) in [4.78, 5) is 0. The number of rotatable bonds is 4. The highest BCUT2D eigenvalue weighted by Crippen LogP contribution is 2.39. The number of hydrogen-bond acceptors (Lipinski definition) is 2. The average molecular weight is 316 g/mol. The fourth-order valence-corrected chi connectivity index (χ4v) is 4.38. The van der Waals surface area contributed by atoms with Crippen molar-refractivity contribution in [2.75, 3.05) is 7.05 Å². The van der Waals surface area contributed by atoms with Gasteiger partial charge in [0.2, 0.25) is 0 Å². The summed E-state index contributed by atoms with van der Waals surface area (Å²) >= 11 is 5.37. The molecule has 1 aromatic rings. The Kier molecular flexibility index (Phi) is 5.07. The van der Waals surface area contributed by atoms with Gasteiger partial charge >= 0.3 is 0 Å². The van der Waals surface area contributed by atoms with Crippen LogP contribution in [0.25, 0.3) is 0 Å². The van der Waals surface area contributed by atoms with Crippen molar-refractivity contribution < 1.29 is 0 Å². The van der Waals surface area contributed by atoms with E-state index in [9.17, 15) is 0 Å². The standard InChI is InChI=1S/C14H22BrNS/c1-3-10-5-4-6-11(7-10)14(16-2)12-8-13(15)17-9-12/h8-11,14,16H,3-7H2,1-2H3. The van der Waals surface area contributed by atoms with Gasteiger partial charge < -0.3 is 5.32 Å². The van der Waals surface area contributed by atoms with E-state index in [-0.39, 0.29) is 0 Å². The maximum atomic E-state index is 3.57. The van der Waals surface area contributed by atoms with Crippen molar-refractivity contribution in [2.24, 2.45) is 11.8 Å². The van der Waals surface area contributed by atoms with Crippen molar-refractivity contribution in [3.05, 3.63) is 20.8 Å². The smallest absolute Gasteiger partial charge is 0.0701 e. The summed E-state index contributed by atoms with van der Waals surface area (Å²) in [5.74, 6) is 1.77. The van der Waals surface area contributed by atoms with Gasteiger partial charge in [-0.15, -0.1) is 11.3 Å². The summed E-state index contributed by atoms with van der Waals surface area (Å²) in [6.45, 7) is 2.34. The Morgan fingerprint density at radius 1 is 1.53 bits per heavy atom. The first-order valence-corrected chi connectivity index (χ1v) is 8.33. The molecule has 3 heteroatoms. The van der Waals surface area contributed by atoms with Crippen LogP contribution in [-0.2, 0) is 0 Å². The van der Waals surface area contributed by atoms with Crippen LogP contribution in [0.15, 0.2) is 15.2 Å². The molecule has 1 aliphatic rings. The van der Waals surface area contributed by atoms with Gasteiger partial charge in [-0.3, -0.25) is 0 Å². The van der Waals surface area contributed by atoms with E-state index in [0.29, 0.717) is 6.04 Å². The highest BCUT2D eigenvalue weighted by Gasteiger charge is 2.28. The Labute approximate surface area is 117 Å². The molecule has 17 heavy (non-hydrogen) atoms. The lowest BCUT2D eigenvalue weighted by molar-refractivity contribution is 0.215. The van der Waals surface area contributed by atoms with E-state index in [0.717, 1.165) is 11.8 Å². The van der Waals surface area contributed by atoms with Crippen LogP contribution in [0.1, 0.15) is 50.6 Å². The average Bonchev–Trinajstić information content (AvgIpc) is 2.77. The van der Waals surface area contributed by atoms with Crippen LogP contribution in [0.3, 0.4) is 0 Å². The molecule has 0 saturated heterocycles. The number of thiophene rings is 1. The molecule has 0 aromatic carbocycles. The Morgan fingerprint density at radius 3 is 2.94 bits per heavy atom. The minimum atomic E-state index is 0.548. The molecule has 3 atom stereocenters. The largest absolute Gasteiger partial charge is 0.313 e. The van der Waals surface area contributed by atoms with Crippen LogP contribution in [0.2, 0.25) is 0 Å². The lowest BCUT2D eigenvalue weighted by Crippen LogP contribution is -2.29. The predicted octanol–water partition coefficient (Wildman–Crippen LogP) is 4.99. The molecule has 1 nitrogen and oxygen atoms in total. The third-order valence-corrected chi connectivity index (χ3v) is 5.65. The molecule has 2 rings (SSSR count). The van der Waals surface area contributed by atoms with Gasteiger partial charge in [0.05, 0.1) is 3.79 Å². The SMILES string of the molecule is CCC1CCCC(C(NC)c2csc(Br)c2)C1. The van der Waals surface area contributed by atoms with Gasteiger partial charge in [-0.1, -0.05) is 26.2 Å². The summed E-state index contributed by atoms with van der Waals surface area (Å²) < 4.78 is 1.25. The van der Waals surface area contributed by atoms with Crippen LogP contribution in [-0.4, -0.2) is 7.05 Å². The lowest BCUT2D eigenvalue weighted by atomic mass is 9.75. The third-order valence-electron chi connectivity index (χ3n) is 4.13. The predicted molar refractivity (Wildman–Crippen MR) is 79.6 cm³/mol. The van der Waals surface area contributed by atoms with Gasteiger partial charge in [0, 0.05) is 6.04 Å². The molecule has 0 amide bonds. The molecule has 1 heterocycles. The highest BCUT2D eigenvalue weighted by atomic mass is 79.9. The zero-order chi connectivity index (χ0) is 12.3. The Bertz CT molecular complexity index is 350. The summed E-state index contributed by atoms with van der Waals surface area (Å²) in [5, 5.41) is 5.82. The fraction of sp³-hybridized carbons (Fsp3) is 0.714. The second kappa shape index (κ2) is 6.35. The van der Waals surface area contributed by atoms with Crippen molar-refractivity contribution in [1.29, 1.82) is 0 Å². The van der Waals surface area contributed by atoms with Crippen molar-refractivity contribution >= 4 is 27.3 Å². The van der Waals surface area contributed by atoms with E-state index in [1.54, 1.807) is 11.3 Å². The monoisotopic (exact) mass is 315 g/mol. The maximum Gasteiger partial charge on any atom is 0.0701 e. The maximum absolute atomic E-state index is 3.57. The number of hydrogen-bond donors (Lipinski definition) is 1. The van der Waals surface area contributed by atoms with E-state index < -0.39 is 0 Å². The summed E-state index contributed by atoms with van der Waals surface area (Å²) in [7, 11) is 2.10. The van der Waals surface area contributed by atoms with Crippen LogP contribution in [0.4, 0.5) is 0 Å². The van der Waals surface area contributed by atoms with Crippen molar-refractivity contribution in [3.63, 3.8) is 0 Å². The molecule has 0 bridgehead atoms. The van der Waals surface area contributed by atoms with Crippen molar-refractivity contribution in [1.82, 2.24) is 5.32 Å². The first kappa shape index (κ1) is 13.6. The van der Waals surface area contributed by atoms with E-state index in [1.165, 1.54) is 41.5 Å². The first-order chi connectivity index (χ1) is 8.24. The molecule has 0 radical (unpaired) electrons. The molecule has 3 unspecified atom stereocenters. The fourth-order valence-electron chi connectivity index (χ4n) is 3.17. The molecule has 1 aromatic heterocycles. The molecule has 1 aliphatic carbocycles. The van der Waals surface area contributed by atoms with E-state index in [1.807, 2.05) is 0 Å². The molecule has 96 valence electrons. The number of halogens is 1. The summed E-state index contributed by atoms with van der Waals surface area (Å²) in [6, 6.07) is 2.83. The zero-order valence-corrected chi connectivity index (χ0v) is 13.1. The first-order valence-electron chi connectivity index (χ1n) is 6.65. The minimum absolute atomic E-state index is 0.548. The van der Waals surface area contributed by atoms with Crippen LogP contribution in [0.5, 0.6) is 0 Å². The van der Waals surface area contributed by atoms with Gasteiger partial charge in [0.15, 0.2) is 0 Å². The third kappa shape index (κ3) is 3.33. The number of nitrogens with one attached hydrogen (secondary N) is 1. The molecular weight excluding hydrogens is 294 g/mol. The lowest BCUT2D eigenvalue weighted by Gasteiger charge is -2.34. The second-order valence-corrected chi connectivity index (χ2v) is 7.44. The van der Waals surface area contributed by atoms with Crippen LogP contribution < -0.4 is 5.32 Å². The Balaban J connectivity index is 2.07. The summed E-state index contributed by atoms with van der Waals surface area (Å²) in [5.41, 5.74) is 1.46. The van der Waals surface area contributed by atoms with Crippen LogP contribution >= 0.6 is 27.3 Å². The Hall–Kier alpha value is 0.140. The van der Waals surface area contributed by atoms with E-state index in [2.05, 4.69) is 46.7 Å². The molecule has 1 fully saturated rings. The normalized spacial score (nSPS) is 27.0. The highest BCUT2D eigenvalue weighted by molar-refractivity contribution is 9.11. The van der Waals surface area contributed by atoms with Gasteiger partial charge in [-0.05, 0) is 64.7 Å². The van der Waals surface area contributed by atoms with Crippen molar-refractivity contribution in [2.45, 2.75) is 45.1 Å². The van der Waals surface area contributed by atoms with Crippen molar-refractivity contribution in [3.8, 4) is 0 Å². The summed E-state index contributed by atoms with van der Waals surface area (Å²) in [6.07, 6.45) is 6.98. The molecule has 0 spiro atoms. The van der Waals surface area contributed by atoms with E-state index >= 15 is 0 Å². The van der Waals surface area contributed by atoms with Gasteiger partial charge in [0.25, 0.3) is 0 Å². The minimum Gasteiger partial charge on any atom is -0.313 e. The van der Waals surface area contributed by atoms with Gasteiger partial charge in [-0.25, -0.2) is 0 Å². The van der Waals surface area contributed by atoms with E-state index in [4.69, 9.17) is 0 Å². The van der Waals surface area contributed by atoms with Crippen LogP contribution in [0, 0.1) is 11.8 Å². The topological polar surface area (TPSA) is 12.0 Å². The second-order valence-electron chi connectivity index (χ2n) is 5.15. The quantitative estimate of drug-likeness (QED) is 0.825. The molecule has 0 aliphatic heterocycles. The molecular formula is C14H22BrNS. The molecule has 1 saturated carbocycles. The molecule has 1 N–H and O–H groups in total. The van der Waals surface area contributed by atoms with Gasteiger partial charge in [0.1, 0.15) is 0 Å². The Morgan fingerprint density at radius 2 is 2.35 bits per heavy atom.